The lowest BCUT2D eigenvalue weighted by Gasteiger charge is -1.99. The fraction of sp³-hybridized carbons (Fsp3) is 0.125. The van der Waals surface area contributed by atoms with E-state index in [2.05, 4.69) is 0 Å². The Labute approximate surface area is 92.3 Å². The van der Waals surface area contributed by atoms with Crippen molar-refractivity contribution in [3.05, 3.63) is 23.8 Å². The van der Waals surface area contributed by atoms with E-state index in [1.54, 1.807) is 4.72 Å². The van der Waals surface area contributed by atoms with Crippen LogP contribution >= 0.6 is 0 Å². The first kappa shape index (κ1) is 11.1. The van der Waals surface area contributed by atoms with Crippen molar-refractivity contribution in [1.82, 2.24) is 4.72 Å². The van der Waals surface area contributed by atoms with Gasteiger partial charge in [0.25, 0.3) is 15.9 Å². The predicted octanol–water partition coefficient (Wildman–Crippen LogP) is -0.478. The van der Waals surface area contributed by atoms with Crippen LogP contribution < -0.4 is 4.72 Å². The minimum absolute atomic E-state index is 0.0348. The molecule has 2 rings (SSSR count). The third kappa shape index (κ3) is 1.59. The highest BCUT2D eigenvalue weighted by molar-refractivity contribution is 7.91. The smallest absolute Gasteiger partial charge is 0.266 e. The first-order chi connectivity index (χ1) is 7.22. The highest BCUT2D eigenvalue weighted by Gasteiger charge is 2.33. The van der Waals surface area contributed by atoms with E-state index in [9.17, 15) is 21.6 Å². The van der Waals surface area contributed by atoms with Gasteiger partial charge in [-0.3, -0.25) is 4.79 Å². The van der Waals surface area contributed by atoms with Crippen molar-refractivity contribution in [3.63, 3.8) is 0 Å². The van der Waals surface area contributed by atoms with Gasteiger partial charge < -0.3 is 0 Å². The maximum atomic E-state index is 11.4. The number of amides is 1. The lowest BCUT2D eigenvalue weighted by molar-refractivity contribution is 0.0985. The number of benzene rings is 1. The van der Waals surface area contributed by atoms with Crippen molar-refractivity contribution in [2.75, 3.05) is 6.26 Å². The number of hydrogen-bond acceptors (Lipinski definition) is 5. The fourth-order valence-corrected chi connectivity index (χ4v) is 3.29. The van der Waals surface area contributed by atoms with Crippen LogP contribution in [-0.4, -0.2) is 29.0 Å². The molecule has 0 fully saturated rings. The molecule has 1 N–H and O–H groups in total. The first-order valence-electron chi connectivity index (χ1n) is 4.13. The van der Waals surface area contributed by atoms with E-state index in [0.29, 0.717) is 0 Å². The number of sulfone groups is 1. The summed E-state index contributed by atoms with van der Waals surface area (Å²) in [4.78, 5) is 10.8. The molecule has 0 bridgehead atoms. The Balaban J connectivity index is 2.79. The summed E-state index contributed by atoms with van der Waals surface area (Å²) in [6, 6.07) is 3.37. The topological polar surface area (TPSA) is 97.4 Å². The van der Waals surface area contributed by atoms with Crippen molar-refractivity contribution >= 4 is 25.8 Å². The molecule has 0 radical (unpaired) electrons. The molecule has 1 aliphatic heterocycles. The number of carbonyl (C=O) groups is 1. The lowest BCUT2D eigenvalue weighted by atomic mass is 10.2. The third-order valence-corrected chi connectivity index (χ3v) is 4.62. The molecule has 8 heteroatoms. The third-order valence-electron chi connectivity index (χ3n) is 2.14. The molecule has 1 aromatic rings. The molecule has 0 aromatic heterocycles. The molecule has 0 spiro atoms. The zero-order chi connectivity index (χ0) is 12.1. The second-order valence-electron chi connectivity index (χ2n) is 3.36. The minimum Gasteiger partial charge on any atom is -0.268 e. The van der Waals surface area contributed by atoms with Gasteiger partial charge in [-0.2, -0.15) is 0 Å². The Bertz CT molecular complexity index is 687. The molecule has 6 nitrogen and oxygen atoms in total. The molecule has 1 heterocycles. The van der Waals surface area contributed by atoms with Gasteiger partial charge in [0, 0.05) is 6.26 Å². The summed E-state index contributed by atoms with van der Waals surface area (Å²) in [5.41, 5.74) is -0.0348. The van der Waals surface area contributed by atoms with E-state index in [4.69, 9.17) is 0 Å². The first-order valence-corrected chi connectivity index (χ1v) is 7.50. The molecule has 0 saturated heterocycles. The molecular formula is C8H7NO5S2. The number of rotatable bonds is 1. The van der Waals surface area contributed by atoms with E-state index >= 15 is 0 Å². The van der Waals surface area contributed by atoms with Crippen LogP contribution in [0.2, 0.25) is 0 Å². The average molecular weight is 261 g/mol. The van der Waals surface area contributed by atoms with Crippen LogP contribution in [0.5, 0.6) is 0 Å². The van der Waals surface area contributed by atoms with Crippen LogP contribution in [0.3, 0.4) is 0 Å². The zero-order valence-corrected chi connectivity index (χ0v) is 9.72. The zero-order valence-electron chi connectivity index (χ0n) is 8.09. The molecule has 1 aliphatic rings. The second kappa shape index (κ2) is 3.05. The molecule has 1 aromatic carbocycles. The van der Waals surface area contributed by atoms with Crippen molar-refractivity contribution in [3.8, 4) is 0 Å². The van der Waals surface area contributed by atoms with Crippen molar-refractivity contribution in [2.45, 2.75) is 9.79 Å². The molecular weight excluding hydrogens is 254 g/mol. The molecule has 0 atom stereocenters. The van der Waals surface area contributed by atoms with Gasteiger partial charge in [0.2, 0.25) is 0 Å². The normalized spacial score (nSPS) is 17.9. The summed E-state index contributed by atoms with van der Waals surface area (Å²) in [5, 5.41) is 0. The van der Waals surface area contributed by atoms with E-state index in [0.717, 1.165) is 12.3 Å². The molecule has 0 aliphatic carbocycles. The van der Waals surface area contributed by atoms with Gasteiger partial charge in [-0.15, -0.1) is 0 Å². The van der Waals surface area contributed by atoms with Crippen molar-refractivity contribution in [2.24, 2.45) is 0 Å². The highest BCUT2D eigenvalue weighted by atomic mass is 32.2. The quantitative estimate of drug-likeness (QED) is 0.736. The van der Waals surface area contributed by atoms with Crippen LogP contribution in [0.1, 0.15) is 10.4 Å². The number of sulfonamides is 1. The molecule has 0 saturated carbocycles. The van der Waals surface area contributed by atoms with E-state index < -0.39 is 25.8 Å². The number of carbonyl (C=O) groups excluding carboxylic acids is 1. The van der Waals surface area contributed by atoms with Crippen LogP contribution in [0, 0.1) is 0 Å². The largest absolute Gasteiger partial charge is 0.268 e. The monoisotopic (exact) mass is 261 g/mol. The summed E-state index contributed by atoms with van der Waals surface area (Å²) in [5.74, 6) is -0.741. The second-order valence-corrected chi connectivity index (χ2v) is 7.03. The minimum atomic E-state index is -3.90. The number of hydrogen-bond donors (Lipinski definition) is 1. The van der Waals surface area contributed by atoms with Crippen LogP contribution in [0.4, 0.5) is 0 Å². The van der Waals surface area contributed by atoms with Crippen molar-refractivity contribution in [1.29, 1.82) is 0 Å². The van der Waals surface area contributed by atoms with Crippen LogP contribution in [0.15, 0.2) is 28.0 Å². The van der Waals surface area contributed by atoms with E-state index in [-0.39, 0.29) is 15.4 Å². The van der Waals surface area contributed by atoms with Crippen LogP contribution in [0.25, 0.3) is 0 Å². The summed E-state index contributed by atoms with van der Waals surface area (Å²) in [7, 11) is -7.40. The summed E-state index contributed by atoms with van der Waals surface area (Å²) in [6.07, 6.45) is 0.964. The lowest BCUT2D eigenvalue weighted by Crippen LogP contribution is -2.20. The standard InChI is InChI=1S/C8H7NO5S2/c1-15(11,12)5-2-3-6-7(4-5)16(13,14)9-8(6)10/h2-4H,1H3,(H,9,10). The van der Waals surface area contributed by atoms with Gasteiger partial charge in [-0.05, 0) is 18.2 Å². The van der Waals surface area contributed by atoms with Gasteiger partial charge in [-0.25, -0.2) is 21.6 Å². The maximum Gasteiger partial charge on any atom is 0.266 e. The van der Waals surface area contributed by atoms with Gasteiger partial charge >= 0.3 is 0 Å². The maximum absolute atomic E-state index is 11.4. The molecule has 0 unspecified atom stereocenters. The molecule has 86 valence electrons. The Morgan fingerprint density at radius 1 is 1.25 bits per heavy atom. The fourth-order valence-electron chi connectivity index (χ4n) is 1.38. The van der Waals surface area contributed by atoms with Crippen LogP contribution in [-0.2, 0) is 19.9 Å². The summed E-state index contributed by atoms with van der Waals surface area (Å²) < 4.78 is 47.1. The van der Waals surface area contributed by atoms with Gasteiger partial charge in [-0.1, -0.05) is 0 Å². The average Bonchev–Trinajstić information content (AvgIpc) is 2.36. The van der Waals surface area contributed by atoms with E-state index in [1.165, 1.54) is 12.1 Å². The van der Waals surface area contributed by atoms with Crippen molar-refractivity contribution < 1.29 is 21.6 Å². The Hall–Kier alpha value is -1.41. The van der Waals surface area contributed by atoms with Gasteiger partial charge in [0.05, 0.1) is 10.5 Å². The van der Waals surface area contributed by atoms with Gasteiger partial charge in [0.15, 0.2) is 9.84 Å². The summed E-state index contributed by atoms with van der Waals surface area (Å²) >= 11 is 0. The highest BCUT2D eigenvalue weighted by Crippen LogP contribution is 2.25. The number of fused-ring (bicyclic) bond motifs is 1. The predicted molar refractivity (Wildman–Crippen MR) is 54.2 cm³/mol. The van der Waals surface area contributed by atoms with Gasteiger partial charge in [0.1, 0.15) is 4.90 Å². The SMILES string of the molecule is CS(=O)(=O)c1ccc2c(c1)S(=O)(=O)NC2=O. The Kier molecular flexibility index (Phi) is 2.11. The van der Waals surface area contributed by atoms with E-state index in [1.807, 2.05) is 0 Å². The summed E-state index contributed by atoms with van der Waals surface area (Å²) in [6.45, 7) is 0. The Morgan fingerprint density at radius 3 is 2.44 bits per heavy atom. The molecule has 1 amide bonds. The molecule has 16 heavy (non-hydrogen) atoms. The number of nitrogens with one attached hydrogen (secondary N) is 1. The Morgan fingerprint density at radius 2 is 1.88 bits per heavy atom.